The molecule has 0 saturated carbocycles. The van der Waals surface area contributed by atoms with Crippen LogP contribution in [0.3, 0.4) is 0 Å². The number of ether oxygens (including phenoxy) is 1. The molecule has 0 aromatic heterocycles. The average Bonchev–Trinajstić information content (AvgIpc) is 2.45. The van der Waals surface area contributed by atoms with Crippen molar-refractivity contribution in [2.75, 3.05) is 13.1 Å². The third-order valence-corrected chi connectivity index (χ3v) is 3.65. The van der Waals surface area contributed by atoms with Gasteiger partial charge in [-0.1, -0.05) is 24.3 Å². The summed E-state index contributed by atoms with van der Waals surface area (Å²) in [5, 5.41) is 9.26. The second-order valence-corrected chi connectivity index (χ2v) is 6.76. The number of amides is 1. The fourth-order valence-electron chi connectivity index (χ4n) is 2.43. The molecule has 120 valence electrons. The van der Waals surface area contributed by atoms with Crippen molar-refractivity contribution in [3.63, 3.8) is 0 Å². The van der Waals surface area contributed by atoms with Crippen LogP contribution in [0.2, 0.25) is 0 Å². The molecule has 2 rings (SSSR count). The van der Waals surface area contributed by atoms with Gasteiger partial charge in [0.05, 0.1) is 0 Å². The molecule has 0 bridgehead atoms. The molecule has 22 heavy (non-hydrogen) atoms. The van der Waals surface area contributed by atoms with Crippen molar-refractivity contribution in [1.82, 2.24) is 4.90 Å². The molecule has 0 atom stereocenters. The SMILES string of the molecule is CC(C)(C)OC(=O)N1CCC(/C=C/c2ccc(O)cc2)CC1. The quantitative estimate of drug-likeness (QED) is 0.896. The first-order chi connectivity index (χ1) is 10.3. The summed E-state index contributed by atoms with van der Waals surface area (Å²) in [5.74, 6) is 0.760. The number of rotatable bonds is 2. The minimum atomic E-state index is -0.438. The Labute approximate surface area is 132 Å². The van der Waals surface area contributed by atoms with E-state index < -0.39 is 5.60 Å². The third-order valence-electron chi connectivity index (χ3n) is 3.65. The lowest BCUT2D eigenvalue weighted by Crippen LogP contribution is -2.41. The van der Waals surface area contributed by atoms with Gasteiger partial charge in [0.15, 0.2) is 0 Å². The topological polar surface area (TPSA) is 49.8 Å². The minimum absolute atomic E-state index is 0.214. The van der Waals surface area contributed by atoms with E-state index in [1.165, 1.54) is 0 Å². The fraction of sp³-hybridized carbons (Fsp3) is 0.500. The van der Waals surface area contributed by atoms with Crippen LogP contribution in [0.4, 0.5) is 4.79 Å². The highest BCUT2D eigenvalue weighted by atomic mass is 16.6. The van der Waals surface area contributed by atoms with Crippen LogP contribution in [0.15, 0.2) is 30.3 Å². The number of phenols is 1. The summed E-state index contributed by atoms with van der Waals surface area (Å²) in [4.78, 5) is 13.8. The predicted octanol–water partition coefficient (Wildman–Crippen LogP) is 4.05. The van der Waals surface area contributed by atoms with Gasteiger partial charge in [0.2, 0.25) is 0 Å². The Balaban J connectivity index is 1.82. The van der Waals surface area contributed by atoms with Crippen LogP contribution in [-0.4, -0.2) is 34.8 Å². The molecule has 0 aliphatic carbocycles. The van der Waals surface area contributed by atoms with Crippen LogP contribution in [0.1, 0.15) is 39.2 Å². The number of carbonyl (C=O) groups is 1. The summed E-state index contributed by atoms with van der Waals surface area (Å²) in [6, 6.07) is 7.15. The monoisotopic (exact) mass is 303 g/mol. The highest BCUT2D eigenvalue weighted by Gasteiger charge is 2.25. The number of benzene rings is 1. The summed E-state index contributed by atoms with van der Waals surface area (Å²) >= 11 is 0. The van der Waals surface area contributed by atoms with Crippen molar-refractivity contribution in [1.29, 1.82) is 0 Å². The Kier molecular flexibility index (Phi) is 5.11. The number of nitrogens with zero attached hydrogens (tertiary/aromatic N) is 1. The maximum Gasteiger partial charge on any atom is 0.410 e. The van der Waals surface area contributed by atoms with Gasteiger partial charge in [0.1, 0.15) is 11.4 Å². The second-order valence-electron chi connectivity index (χ2n) is 6.76. The zero-order chi connectivity index (χ0) is 16.2. The van der Waals surface area contributed by atoms with Crippen molar-refractivity contribution in [2.24, 2.45) is 5.92 Å². The van der Waals surface area contributed by atoms with Crippen molar-refractivity contribution in [3.05, 3.63) is 35.9 Å². The Bertz CT molecular complexity index is 520. The van der Waals surface area contributed by atoms with E-state index in [0.29, 0.717) is 5.92 Å². The number of piperidine rings is 1. The van der Waals surface area contributed by atoms with Crippen LogP contribution in [0.5, 0.6) is 5.75 Å². The van der Waals surface area contributed by atoms with Crippen molar-refractivity contribution < 1.29 is 14.6 Å². The van der Waals surface area contributed by atoms with Gasteiger partial charge in [-0.05, 0) is 57.2 Å². The van der Waals surface area contributed by atoms with Crippen LogP contribution >= 0.6 is 0 Å². The van der Waals surface area contributed by atoms with E-state index >= 15 is 0 Å². The van der Waals surface area contributed by atoms with E-state index in [2.05, 4.69) is 12.2 Å². The molecule has 1 fully saturated rings. The number of phenolic OH excluding ortho intramolecular Hbond substituents is 1. The number of likely N-dealkylation sites (tertiary alicyclic amines) is 1. The van der Waals surface area contributed by atoms with Crippen LogP contribution < -0.4 is 0 Å². The number of aromatic hydroxyl groups is 1. The van der Waals surface area contributed by atoms with Crippen molar-refractivity contribution in [2.45, 2.75) is 39.2 Å². The van der Waals surface area contributed by atoms with E-state index in [1.807, 2.05) is 32.9 Å². The highest BCUT2D eigenvalue weighted by Crippen LogP contribution is 2.22. The summed E-state index contributed by atoms with van der Waals surface area (Å²) in [6.07, 6.45) is 5.96. The van der Waals surface area contributed by atoms with Crippen LogP contribution in [-0.2, 0) is 4.74 Å². The molecular weight excluding hydrogens is 278 g/mol. The Morgan fingerprint density at radius 2 is 1.82 bits per heavy atom. The maximum absolute atomic E-state index is 12.0. The van der Waals surface area contributed by atoms with Gasteiger partial charge in [0.25, 0.3) is 0 Å². The van der Waals surface area contributed by atoms with E-state index in [0.717, 1.165) is 31.5 Å². The molecule has 0 radical (unpaired) electrons. The molecule has 4 nitrogen and oxygen atoms in total. The predicted molar refractivity (Wildman–Crippen MR) is 87.7 cm³/mol. The summed E-state index contributed by atoms with van der Waals surface area (Å²) in [7, 11) is 0. The first-order valence-corrected chi connectivity index (χ1v) is 7.79. The molecule has 4 heteroatoms. The molecule has 0 unspecified atom stereocenters. The van der Waals surface area contributed by atoms with E-state index in [1.54, 1.807) is 17.0 Å². The summed E-state index contributed by atoms with van der Waals surface area (Å²) in [5.41, 5.74) is 0.638. The minimum Gasteiger partial charge on any atom is -0.508 e. The average molecular weight is 303 g/mol. The highest BCUT2D eigenvalue weighted by molar-refractivity contribution is 5.68. The standard InChI is InChI=1S/C18H25NO3/c1-18(2,3)22-17(21)19-12-10-15(11-13-19)5-4-14-6-8-16(20)9-7-14/h4-9,15,20H,10-13H2,1-3H3/b5-4+. The second kappa shape index (κ2) is 6.86. The molecule has 1 N–H and O–H groups in total. The molecule has 1 aliphatic rings. The van der Waals surface area contributed by atoms with Crippen molar-refractivity contribution >= 4 is 12.2 Å². The van der Waals surface area contributed by atoms with E-state index in [9.17, 15) is 9.90 Å². The first kappa shape index (κ1) is 16.4. The van der Waals surface area contributed by atoms with Gasteiger partial charge in [-0.2, -0.15) is 0 Å². The molecule has 1 heterocycles. The van der Waals surface area contributed by atoms with Crippen LogP contribution in [0.25, 0.3) is 6.08 Å². The third kappa shape index (κ3) is 5.10. The van der Waals surface area contributed by atoms with Gasteiger partial charge < -0.3 is 14.7 Å². The number of hydrogen-bond acceptors (Lipinski definition) is 3. The number of allylic oxidation sites excluding steroid dienone is 1. The van der Waals surface area contributed by atoms with Crippen molar-refractivity contribution in [3.8, 4) is 5.75 Å². The van der Waals surface area contributed by atoms with E-state index in [4.69, 9.17) is 4.74 Å². The molecule has 1 amide bonds. The Morgan fingerprint density at radius 1 is 1.23 bits per heavy atom. The number of carbonyl (C=O) groups excluding carboxylic acids is 1. The maximum atomic E-state index is 12.0. The van der Waals surface area contributed by atoms with Gasteiger partial charge in [-0.25, -0.2) is 4.79 Å². The molecule has 1 aromatic carbocycles. The van der Waals surface area contributed by atoms with E-state index in [-0.39, 0.29) is 11.8 Å². The smallest absolute Gasteiger partial charge is 0.410 e. The molecule has 1 saturated heterocycles. The molecule has 1 aliphatic heterocycles. The largest absolute Gasteiger partial charge is 0.508 e. The Morgan fingerprint density at radius 3 is 2.36 bits per heavy atom. The van der Waals surface area contributed by atoms with Gasteiger partial charge in [0, 0.05) is 13.1 Å². The lowest BCUT2D eigenvalue weighted by Gasteiger charge is -2.32. The Hall–Kier alpha value is -1.97. The van der Waals surface area contributed by atoms with Gasteiger partial charge >= 0.3 is 6.09 Å². The van der Waals surface area contributed by atoms with Crippen LogP contribution in [0, 0.1) is 5.92 Å². The number of hydrogen-bond donors (Lipinski definition) is 1. The lowest BCUT2D eigenvalue weighted by molar-refractivity contribution is 0.0197. The summed E-state index contributed by atoms with van der Waals surface area (Å²) in [6.45, 7) is 7.13. The van der Waals surface area contributed by atoms with Gasteiger partial charge in [-0.15, -0.1) is 0 Å². The van der Waals surface area contributed by atoms with Gasteiger partial charge in [-0.3, -0.25) is 0 Å². The summed E-state index contributed by atoms with van der Waals surface area (Å²) < 4.78 is 5.40. The normalized spacial score (nSPS) is 17.0. The lowest BCUT2D eigenvalue weighted by atomic mass is 9.96. The molecule has 1 aromatic rings. The molecule has 0 spiro atoms. The zero-order valence-corrected chi connectivity index (χ0v) is 13.6. The zero-order valence-electron chi connectivity index (χ0n) is 13.6. The fourth-order valence-corrected chi connectivity index (χ4v) is 2.43. The molecular formula is C18H25NO3. The first-order valence-electron chi connectivity index (χ1n) is 7.79.